The lowest BCUT2D eigenvalue weighted by Gasteiger charge is -2.27. The van der Waals surface area contributed by atoms with Gasteiger partial charge in [-0.2, -0.15) is 0 Å². The zero-order valence-corrected chi connectivity index (χ0v) is 19.5. The Labute approximate surface area is 199 Å². The molecule has 1 aliphatic carbocycles. The molecular formula is C22H21ClF3N3O4S. The SMILES string of the molecule is CS(=O)(=O)c1cc(C(=O)N2C[C@@H](F)C[C@@H]2C(=O)NC(c2cc(F)c(Cl)cc2F)C2CC2)ccn1. The van der Waals surface area contributed by atoms with Gasteiger partial charge in [0.2, 0.25) is 5.91 Å². The van der Waals surface area contributed by atoms with Crippen LogP contribution in [0.3, 0.4) is 0 Å². The predicted octanol–water partition coefficient (Wildman–Crippen LogP) is 3.24. The molecule has 0 radical (unpaired) electrons. The topological polar surface area (TPSA) is 96.4 Å². The average Bonchev–Trinajstić information content (AvgIpc) is 3.54. The number of carbonyl (C=O) groups is 2. The van der Waals surface area contributed by atoms with E-state index in [-0.39, 0.29) is 40.1 Å². The number of hydrogen-bond donors (Lipinski definition) is 1. The summed E-state index contributed by atoms with van der Waals surface area (Å²) in [7, 11) is -3.69. The van der Waals surface area contributed by atoms with Crippen LogP contribution in [0.15, 0.2) is 35.5 Å². The van der Waals surface area contributed by atoms with Crippen molar-refractivity contribution < 1.29 is 31.2 Å². The third-order valence-electron chi connectivity index (χ3n) is 5.94. The van der Waals surface area contributed by atoms with Gasteiger partial charge in [-0.1, -0.05) is 11.6 Å². The molecule has 2 fully saturated rings. The summed E-state index contributed by atoms with van der Waals surface area (Å²) in [6, 6.07) is 2.03. The van der Waals surface area contributed by atoms with Crippen molar-refractivity contribution in [3.8, 4) is 0 Å². The second-order valence-corrected chi connectivity index (χ2v) is 10.9. The van der Waals surface area contributed by atoms with Crippen LogP contribution in [-0.4, -0.2) is 55.1 Å². The Balaban J connectivity index is 1.58. The third kappa shape index (κ3) is 5.05. The largest absolute Gasteiger partial charge is 0.347 e. The summed E-state index contributed by atoms with van der Waals surface area (Å²) in [5, 5.41) is 1.94. The molecule has 0 spiro atoms. The number of rotatable bonds is 6. The highest BCUT2D eigenvalue weighted by molar-refractivity contribution is 7.90. The van der Waals surface area contributed by atoms with Crippen LogP contribution in [0.5, 0.6) is 0 Å². The van der Waals surface area contributed by atoms with E-state index in [0.29, 0.717) is 12.8 Å². The van der Waals surface area contributed by atoms with Gasteiger partial charge in [0.25, 0.3) is 5.91 Å². The number of carbonyl (C=O) groups excluding carboxylic acids is 2. The molecule has 2 amide bonds. The maximum absolute atomic E-state index is 14.5. The number of aromatic nitrogens is 1. The summed E-state index contributed by atoms with van der Waals surface area (Å²) in [6.07, 6.45) is 1.67. The first-order valence-electron chi connectivity index (χ1n) is 10.5. The van der Waals surface area contributed by atoms with Crippen LogP contribution in [0.4, 0.5) is 13.2 Å². The standard InChI is InChI=1S/C22H21ClF3N3O4S/c1-34(32,33)19-6-12(4-5-27-19)22(31)29-10-13(24)7-18(29)21(30)28-20(11-2-3-11)14-8-17(26)15(23)9-16(14)25/h4-6,8-9,11,13,18,20H,2-3,7,10H2,1H3,(H,28,30)/t13-,18+,20?/m0/s1. The number of hydrogen-bond acceptors (Lipinski definition) is 5. The van der Waals surface area contributed by atoms with Crippen LogP contribution in [0.1, 0.15) is 41.2 Å². The maximum Gasteiger partial charge on any atom is 0.254 e. The van der Waals surface area contributed by atoms with Gasteiger partial charge in [0.05, 0.1) is 17.6 Å². The van der Waals surface area contributed by atoms with E-state index in [1.54, 1.807) is 0 Å². The van der Waals surface area contributed by atoms with Gasteiger partial charge >= 0.3 is 0 Å². The van der Waals surface area contributed by atoms with E-state index in [4.69, 9.17) is 11.6 Å². The molecule has 1 N–H and O–H groups in total. The van der Waals surface area contributed by atoms with Gasteiger partial charge in [-0.25, -0.2) is 26.6 Å². The number of likely N-dealkylation sites (tertiary alicyclic amines) is 1. The zero-order valence-electron chi connectivity index (χ0n) is 18.0. The summed E-state index contributed by atoms with van der Waals surface area (Å²) < 4.78 is 66.4. The summed E-state index contributed by atoms with van der Waals surface area (Å²) in [5.41, 5.74) is -0.135. The zero-order chi connectivity index (χ0) is 24.8. The molecule has 4 rings (SSSR count). The van der Waals surface area contributed by atoms with Crippen LogP contribution in [0.2, 0.25) is 5.02 Å². The van der Waals surface area contributed by atoms with Crippen molar-refractivity contribution in [1.82, 2.24) is 15.2 Å². The van der Waals surface area contributed by atoms with Crippen molar-refractivity contribution in [3.05, 3.63) is 58.2 Å². The first-order valence-corrected chi connectivity index (χ1v) is 12.8. The number of nitrogens with one attached hydrogen (secondary N) is 1. The maximum atomic E-state index is 14.5. The minimum absolute atomic E-state index is 0.0631. The minimum Gasteiger partial charge on any atom is -0.347 e. The van der Waals surface area contributed by atoms with Crippen molar-refractivity contribution in [1.29, 1.82) is 0 Å². The molecule has 34 heavy (non-hydrogen) atoms. The monoisotopic (exact) mass is 515 g/mol. The fourth-order valence-electron chi connectivity index (χ4n) is 4.07. The van der Waals surface area contributed by atoms with E-state index in [2.05, 4.69) is 10.3 Å². The third-order valence-corrected chi connectivity index (χ3v) is 7.21. The quantitative estimate of drug-likeness (QED) is 0.596. The highest BCUT2D eigenvalue weighted by Gasteiger charge is 2.43. The van der Waals surface area contributed by atoms with Crippen molar-refractivity contribution in [2.75, 3.05) is 12.8 Å². The number of alkyl halides is 1. The Morgan fingerprint density at radius 2 is 1.91 bits per heavy atom. The van der Waals surface area contributed by atoms with E-state index in [0.717, 1.165) is 35.6 Å². The Bertz CT molecular complexity index is 1260. The molecule has 12 heteroatoms. The lowest BCUT2D eigenvalue weighted by molar-refractivity contribution is -0.125. The number of halogens is 4. The van der Waals surface area contributed by atoms with E-state index in [1.807, 2.05) is 0 Å². The number of pyridine rings is 1. The van der Waals surface area contributed by atoms with Crippen molar-refractivity contribution >= 4 is 33.3 Å². The van der Waals surface area contributed by atoms with Crippen molar-refractivity contribution in [2.24, 2.45) is 5.92 Å². The first-order chi connectivity index (χ1) is 16.0. The van der Waals surface area contributed by atoms with Crippen LogP contribution in [0, 0.1) is 17.6 Å². The summed E-state index contributed by atoms with van der Waals surface area (Å²) in [6.45, 7) is -0.370. The Hall–Kier alpha value is -2.66. The Morgan fingerprint density at radius 3 is 2.56 bits per heavy atom. The molecule has 2 heterocycles. The molecule has 1 unspecified atom stereocenters. The van der Waals surface area contributed by atoms with Crippen molar-refractivity contribution in [3.63, 3.8) is 0 Å². The molecule has 2 aliphatic rings. The van der Waals surface area contributed by atoms with E-state index < -0.39 is 51.5 Å². The van der Waals surface area contributed by atoms with Gasteiger partial charge in [-0.05, 0) is 43.0 Å². The normalized spacial score (nSPS) is 21.4. The molecule has 1 aromatic carbocycles. The molecule has 3 atom stereocenters. The fraction of sp³-hybridized carbons (Fsp3) is 0.409. The smallest absolute Gasteiger partial charge is 0.254 e. The highest BCUT2D eigenvalue weighted by atomic mass is 35.5. The molecule has 1 saturated carbocycles. The van der Waals surface area contributed by atoms with Gasteiger partial charge in [0.15, 0.2) is 14.9 Å². The molecule has 1 aromatic heterocycles. The van der Waals surface area contributed by atoms with E-state index in [9.17, 15) is 31.2 Å². The van der Waals surface area contributed by atoms with Crippen LogP contribution in [-0.2, 0) is 14.6 Å². The van der Waals surface area contributed by atoms with Crippen LogP contribution >= 0.6 is 11.6 Å². The van der Waals surface area contributed by atoms with Gasteiger partial charge < -0.3 is 10.2 Å². The predicted molar refractivity (Wildman–Crippen MR) is 117 cm³/mol. The number of nitrogens with zero attached hydrogens (tertiary/aromatic N) is 2. The summed E-state index contributed by atoms with van der Waals surface area (Å²) in [5.74, 6) is -3.20. The molecule has 1 aliphatic heterocycles. The molecule has 182 valence electrons. The van der Waals surface area contributed by atoms with Gasteiger partial charge in [0, 0.05) is 30.0 Å². The molecule has 2 aromatic rings. The summed E-state index contributed by atoms with van der Waals surface area (Å²) >= 11 is 5.63. The van der Waals surface area contributed by atoms with Crippen LogP contribution < -0.4 is 5.32 Å². The molecule has 1 saturated heterocycles. The van der Waals surface area contributed by atoms with Gasteiger partial charge in [-0.3, -0.25) is 9.59 Å². The Kier molecular flexibility index (Phi) is 6.61. The second kappa shape index (κ2) is 9.18. The van der Waals surface area contributed by atoms with Crippen molar-refractivity contribution in [2.45, 2.75) is 42.5 Å². The molecular weight excluding hydrogens is 495 g/mol. The summed E-state index contributed by atoms with van der Waals surface area (Å²) in [4.78, 5) is 30.9. The van der Waals surface area contributed by atoms with E-state index >= 15 is 0 Å². The number of amides is 2. The fourth-order valence-corrected chi connectivity index (χ4v) is 4.82. The van der Waals surface area contributed by atoms with Gasteiger partial charge in [-0.15, -0.1) is 0 Å². The second-order valence-electron chi connectivity index (χ2n) is 8.57. The van der Waals surface area contributed by atoms with E-state index in [1.165, 1.54) is 6.07 Å². The number of sulfone groups is 1. The van der Waals surface area contributed by atoms with Gasteiger partial charge in [0.1, 0.15) is 23.8 Å². The number of benzene rings is 1. The minimum atomic E-state index is -3.69. The highest BCUT2D eigenvalue weighted by Crippen LogP contribution is 2.42. The molecule has 0 bridgehead atoms. The molecule has 7 nitrogen and oxygen atoms in total. The average molecular weight is 516 g/mol. The lowest BCUT2D eigenvalue weighted by atomic mass is 10.0. The first kappa shape index (κ1) is 24.5. The van der Waals surface area contributed by atoms with Crippen LogP contribution in [0.25, 0.3) is 0 Å². The lowest BCUT2D eigenvalue weighted by Crippen LogP contribution is -2.47. The Morgan fingerprint density at radius 1 is 1.21 bits per heavy atom.